The molecule has 0 atom stereocenters. The molecule has 0 aromatic carbocycles. The first kappa shape index (κ1) is 9.38. The van der Waals surface area contributed by atoms with E-state index >= 15 is 0 Å². The molecule has 0 rings (SSSR count). The minimum absolute atomic E-state index is 0.733. The van der Waals surface area contributed by atoms with Crippen LogP contribution in [0.15, 0.2) is 0 Å². The van der Waals surface area contributed by atoms with E-state index in [1.807, 2.05) is 0 Å². The summed E-state index contributed by atoms with van der Waals surface area (Å²) in [5, 5.41) is 0. The number of hydrogen-bond acceptors (Lipinski definition) is 1. The van der Waals surface area contributed by atoms with Crippen molar-refractivity contribution in [3.63, 3.8) is 0 Å². The summed E-state index contributed by atoms with van der Waals surface area (Å²) in [6.07, 6.45) is 5.73. The zero-order valence-corrected chi connectivity index (χ0v) is 6.89. The summed E-state index contributed by atoms with van der Waals surface area (Å²) in [5.41, 5.74) is 0.733. The normalized spacial score (nSPS) is 9.00. The van der Waals surface area contributed by atoms with E-state index < -0.39 is 0 Å². The first-order chi connectivity index (χ1) is 4.81. The Hall–Kier alpha value is -0.620. The average molecular weight is 142 g/mol. The molecular weight excluding hydrogens is 126 g/mol. The SMILES string of the molecule is CCCCCCC(C)=[N+]=O. The molecule has 0 unspecified atom stereocenters. The van der Waals surface area contributed by atoms with Crippen molar-refractivity contribution in [2.24, 2.45) is 0 Å². The quantitative estimate of drug-likeness (QED) is 0.329. The van der Waals surface area contributed by atoms with Crippen LogP contribution in [-0.4, -0.2) is 5.71 Å². The molecule has 0 aliphatic heterocycles. The maximum absolute atomic E-state index is 9.88. The van der Waals surface area contributed by atoms with Gasteiger partial charge in [-0.3, -0.25) is 0 Å². The van der Waals surface area contributed by atoms with E-state index in [1.54, 1.807) is 6.92 Å². The molecule has 0 heterocycles. The summed E-state index contributed by atoms with van der Waals surface area (Å²) >= 11 is 0. The Bertz CT molecular complexity index is 125. The van der Waals surface area contributed by atoms with Gasteiger partial charge in [0.25, 0.3) is 0 Å². The monoisotopic (exact) mass is 142 g/mol. The van der Waals surface area contributed by atoms with Crippen LogP contribution in [0.1, 0.15) is 46.0 Å². The third-order valence-electron chi connectivity index (χ3n) is 1.55. The van der Waals surface area contributed by atoms with Crippen molar-refractivity contribution in [2.75, 3.05) is 0 Å². The Morgan fingerprint density at radius 1 is 1.30 bits per heavy atom. The summed E-state index contributed by atoms with van der Waals surface area (Å²) in [5.74, 6) is 0. The summed E-state index contributed by atoms with van der Waals surface area (Å²) in [4.78, 5) is 12.7. The van der Waals surface area contributed by atoms with Gasteiger partial charge in [0.1, 0.15) is 0 Å². The average Bonchev–Trinajstić information content (AvgIpc) is 1.98. The van der Waals surface area contributed by atoms with Crippen LogP contribution < -0.4 is 4.85 Å². The number of hydrogen-bond donors (Lipinski definition) is 0. The summed E-state index contributed by atoms with van der Waals surface area (Å²) < 4.78 is 0. The molecule has 0 saturated carbocycles. The fourth-order valence-corrected chi connectivity index (χ4v) is 0.853. The molecule has 0 bridgehead atoms. The molecule has 2 heteroatoms. The standard InChI is InChI=1S/C8H16NO/c1-3-4-5-6-7-8(2)9-10/h3-7H2,1-2H3/q+1. The first-order valence-electron chi connectivity index (χ1n) is 3.97. The van der Waals surface area contributed by atoms with E-state index in [0.717, 1.165) is 18.6 Å². The fourth-order valence-electron chi connectivity index (χ4n) is 0.853. The Morgan fingerprint density at radius 2 is 2.00 bits per heavy atom. The van der Waals surface area contributed by atoms with Gasteiger partial charge in [0.15, 0.2) is 4.91 Å². The van der Waals surface area contributed by atoms with Gasteiger partial charge in [-0.15, -0.1) is 0 Å². The van der Waals surface area contributed by atoms with Crippen LogP contribution in [0.4, 0.5) is 0 Å². The molecule has 0 fully saturated rings. The molecule has 0 radical (unpaired) electrons. The van der Waals surface area contributed by atoms with Crippen molar-refractivity contribution < 1.29 is 0 Å². The van der Waals surface area contributed by atoms with Gasteiger partial charge in [-0.1, -0.05) is 26.2 Å². The molecule has 0 N–H and O–H groups in total. The Labute approximate surface area is 62.3 Å². The third-order valence-corrected chi connectivity index (χ3v) is 1.55. The van der Waals surface area contributed by atoms with Crippen molar-refractivity contribution in [1.82, 2.24) is 4.85 Å². The van der Waals surface area contributed by atoms with E-state index in [2.05, 4.69) is 11.8 Å². The molecular formula is C8H16NO+. The minimum atomic E-state index is 0.733. The van der Waals surface area contributed by atoms with Gasteiger partial charge >= 0.3 is 5.71 Å². The molecule has 2 nitrogen and oxygen atoms in total. The topological polar surface area (TPSA) is 31.2 Å². The van der Waals surface area contributed by atoms with Gasteiger partial charge in [0.2, 0.25) is 4.85 Å². The van der Waals surface area contributed by atoms with E-state index in [-0.39, 0.29) is 0 Å². The van der Waals surface area contributed by atoms with Crippen LogP contribution >= 0.6 is 0 Å². The lowest BCUT2D eigenvalue weighted by Crippen LogP contribution is -1.93. The summed E-state index contributed by atoms with van der Waals surface area (Å²) in [6, 6.07) is 0. The Kier molecular flexibility index (Phi) is 6.10. The number of nitrogens with zero attached hydrogens (tertiary/aromatic N) is 1. The van der Waals surface area contributed by atoms with Gasteiger partial charge in [-0.2, -0.15) is 0 Å². The van der Waals surface area contributed by atoms with E-state index in [9.17, 15) is 4.91 Å². The molecule has 0 aliphatic rings. The Morgan fingerprint density at radius 3 is 2.50 bits per heavy atom. The van der Waals surface area contributed by atoms with Gasteiger partial charge < -0.3 is 0 Å². The zero-order valence-electron chi connectivity index (χ0n) is 6.89. The highest BCUT2D eigenvalue weighted by atomic mass is 16.2. The second kappa shape index (κ2) is 6.50. The van der Waals surface area contributed by atoms with Crippen LogP contribution in [0.25, 0.3) is 0 Å². The summed E-state index contributed by atoms with van der Waals surface area (Å²) in [7, 11) is 0. The molecule has 0 spiro atoms. The molecule has 0 aliphatic carbocycles. The maximum Gasteiger partial charge on any atom is 0.346 e. The molecule has 58 valence electrons. The van der Waals surface area contributed by atoms with Crippen molar-refractivity contribution in [3.8, 4) is 0 Å². The lowest BCUT2D eigenvalue weighted by atomic mass is 10.1. The molecule has 0 aromatic heterocycles. The van der Waals surface area contributed by atoms with Crippen LogP contribution in [-0.2, 0) is 0 Å². The highest BCUT2D eigenvalue weighted by Gasteiger charge is 2.02. The number of unbranched alkanes of at least 4 members (excludes halogenated alkanes) is 3. The minimum Gasteiger partial charge on any atom is -0.0654 e. The van der Waals surface area contributed by atoms with E-state index in [0.29, 0.717) is 0 Å². The molecule has 0 saturated heterocycles. The van der Waals surface area contributed by atoms with Gasteiger partial charge in [0.05, 0.1) is 6.42 Å². The number of rotatable bonds is 5. The van der Waals surface area contributed by atoms with Crippen LogP contribution in [0.5, 0.6) is 0 Å². The highest BCUT2D eigenvalue weighted by Crippen LogP contribution is 2.01. The van der Waals surface area contributed by atoms with Crippen molar-refractivity contribution in [1.29, 1.82) is 0 Å². The van der Waals surface area contributed by atoms with Crippen molar-refractivity contribution in [2.45, 2.75) is 46.0 Å². The van der Waals surface area contributed by atoms with Crippen LogP contribution in [0, 0.1) is 4.91 Å². The lowest BCUT2D eigenvalue weighted by Gasteiger charge is -1.90. The number of nitroso groups, excluding NO2 is 1. The fraction of sp³-hybridized carbons (Fsp3) is 0.875. The van der Waals surface area contributed by atoms with Crippen molar-refractivity contribution >= 4 is 5.71 Å². The second-order valence-corrected chi connectivity index (χ2v) is 2.64. The van der Waals surface area contributed by atoms with Gasteiger partial charge in [-0.25, -0.2) is 0 Å². The molecule has 0 aromatic rings. The predicted molar refractivity (Wildman–Crippen MR) is 44.9 cm³/mol. The second-order valence-electron chi connectivity index (χ2n) is 2.64. The van der Waals surface area contributed by atoms with E-state index in [1.165, 1.54) is 19.3 Å². The lowest BCUT2D eigenvalue weighted by molar-refractivity contribution is 0.682. The smallest absolute Gasteiger partial charge is 0.0654 e. The maximum atomic E-state index is 9.88. The first-order valence-corrected chi connectivity index (χ1v) is 3.97. The third kappa shape index (κ3) is 5.52. The van der Waals surface area contributed by atoms with Crippen LogP contribution in [0.3, 0.4) is 0 Å². The predicted octanol–water partition coefficient (Wildman–Crippen LogP) is 2.25. The largest absolute Gasteiger partial charge is 0.346 e. The van der Waals surface area contributed by atoms with Gasteiger partial charge in [0, 0.05) is 6.92 Å². The molecule has 10 heavy (non-hydrogen) atoms. The van der Waals surface area contributed by atoms with E-state index in [4.69, 9.17) is 0 Å². The Balaban J connectivity index is 3.12. The zero-order chi connectivity index (χ0) is 7.82. The van der Waals surface area contributed by atoms with Crippen molar-refractivity contribution in [3.05, 3.63) is 4.91 Å². The molecule has 0 amide bonds. The summed E-state index contributed by atoms with van der Waals surface area (Å²) in [6.45, 7) is 3.97. The van der Waals surface area contributed by atoms with Gasteiger partial charge in [-0.05, 0) is 6.42 Å². The highest BCUT2D eigenvalue weighted by molar-refractivity contribution is 5.80. The van der Waals surface area contributed by atoms with Crippen LogP contribution in [0.2, 0.25) is 0 Å².